The van der Waals surface area contributed by atoms with Gasteiger partial charge in [0.05, 0.1) is 20.8 Å². The molecule has 134 valence electrons. The van der Waals surface area contributed by atoms with E-state index in [1.165, 1.54) is 16.9 Å². The molecule has 2 amide bonds. The summed E-state index contributed by atoms with van der Waals surface area (Å²) < 4.78 is 1.05. The second-order valence-corrected chi connectivity index (χ2v) is 7.42. The summed E-state index contributed by atoms with van der Waals surface area (Å²) in [6.45, 7) is 4.26. The topological polar surface area (TPSA) is 71.1 Å². The minimum atomic E-state index is -0.297. The van der Waals surface area contributed by atoms with Crippen LogP contribution in [0.2, 0.25) is 5.02 Å². The number of benzene rings is 2. The van der Waals surface area contributed by atoms with E-state index in [1.807, 2.05) is 13.8 Å². The highest BCUT2D eigenvalue weighted by atomic mass is 35.5. The number of hydrogen-bond donors (Lipinski definition) is 2. The maximum Gasteiger partial charge on any atom is 0.252 e. The molecule has 3 aromatic rings. The van der Waals surface area contributed by atoms with Crippen LogP contribution < -0.4 is 10.6 Å². The molecule has 0 spiro atoms. The van der Waals surface area contributed by atoms with Crippen molar-refractivity contribution in [2.45, 2.75) is 20.3 Å². The summed E-state index contributed by atoms with van der Waals surface area (Å²) in [6.07, 6.45) is 0.157. The van der Waals surface area contributed by atoms with Crippen LogP contribution in [-0.2, 0) is 4.79 Å². The second kappa shape index (κ2) is 7.85. The van der Waals surface area contributed by atoms with Crippen LogP contribution in [0.1, 0.15) is 27.9 Å². The van der Waals surface area contributed by atoms with Crippen molar-refractivity contribution in [1.82, 2.24) is 10.3 Å². The van der Waals surface area contributed by atoms with Crippen molar-refractivity contribution in [2.24, 2.45) is 0 Å². The lowest BCUT2D eigenvalue weighted by Crippen LogP contribution is -2.27. The molecular formula is C19H18ClN3O2S. The molecule has 7 heteroatoms. The van der Waals surface area contributed by atoms with Gasteiger partial charge in [0.1, 0.15) is 0 Å². The third-order valence-electron chi connectivity index (χ3n) is 3.83. The van der Waals surface area contributed by atoms with Crippen molar-refractivity contribution >= 4 is 50.1 Å². The molecule has 1 aromatic heterocycles. The first kappa shape index (κ1) is 18.4. The number of carbonyl (C=O) groups is 2. The molecule has 0 aliphatic carbocycles. The lowest BCUT2D eigenvalue weighted by atomic mass is 10.1. The van der Waals surface area contributed by atoms with E-state index in [1.54, 1.807) is 24.3 Å². The maximum atomic E-state index is 12.1. The van der Waals surface area contributed by atoms with Crippen molar-refractivity contribution in [1.29, 1.82) is 0 Å². The Morgan fingerprint density at radius 3 is 2.73 bits per heavy atom. The zero-order valence-electron chi connectivity index (χ0n) is 14.4. The predicted octanol–water partition coefficient (Wildman–Crippen LogP) is 4.33. The van der Waals surface area contributed by atoms with E-state index in [2.05, 4.69) is 27.8 Å². The molecule has 1 heterocycles. The molecule has 0 aliphatic heterocycles. The molecule has 3 rings (SSSR count). The summed E-state index contributed by atoms with van der Waals surface area (Å²) in [5.74, 6) is -0.493. The Balaban J connectivity index is 1.55. The molecule has 26 heavy (non-hydrogen) atoms. The lowest BCUT2D eigenvalue weighted by Gasteiger charge is -2.06. The van der Waals surface area contributed by atoms with Gasteiger partial charge in [0.15, 0.2) is 5.13 Å². The van der Waals surface area contributed by atoms with Gasteiger partial charge in [-0.05, 0) is 43.2 Å². The van der Waals surface area contributed by atoms with Gasteiger partial charge >= 0.3 is 0 Å². The van der Waals surface area contributed by atoms with Crippen molar-refractivity contribution in [3.63, 3.8) is 0 Å². The van der Waals surface area contributed by atoms with Crippen LogP contribution in [0.15, 0.2) is 36.4 Å². The van der Waals surface area contributed by atoms with Gasteiger partial charge in [-0.3, -0.25) is 9.59 Å². The van der Waals surface area contributed by atoms with Gasteiger partial charge in [0.2, 0.25) is 5.91 Å². The third-order valence-corrected chi connectivity index (χ3v) is 5.08. The Labute approximate surface area is 160 Å². The number of rotatable bonds is 5. The molecule has 2 N–H and O–H groups in total. The average molecular weight is 388 g/mol. The molecule has 0 bridgehead atoms. The number of nitrogens with zero attached hydrogens (tertiary/aromatic N) is 1. The fraction of sp³-hybridized carbons (Fsp3) is 0.211. The zero-order valence-corrected chi connectivity index (χ0v) is 16.0. The van der Waals surface area contributed by atoms with Crippen LogP contribution in [0.25, 0.3) is 10.2 Å². The minimum absolute atomic E-state index is 0.157. The summed E-state index contributed by atoms with van der Waals surface area (Å²) in [7, 11) is 0. The fourth-order valence-electron chi connectivity index (χ4n) is 2.64. The predicted molar refractivity (Wildman–Crippen MR) is 106 cm³/mol. The molecule has 0 aliphatic rings. The molecule has 0 unspecified atom stereocenters. The average Bonchev–Trinajstić information content (AvgIpc) is 2.97. The molecule has 0 saturated heterocycles. The summed E-state index contributed by atoms with van der Waals surface area (Å²) in [5, 5.41) is 6.44. The number of aryl methyl sites for hydroxylation is 2. The Kier molecular flexibility index (Phi) is 5.54. The Bertz CT molecular complexity index is 984. The van der Waals surface area contributed by atoms with Gasteiger partial charge in [-0.25, -0.2) is 4.98 Å². The maximum absolute atomic E-state index is 12.1. The highest BCUT2D eigenvalue weighted by molar-refractivity contribution is 7.22. The molecular weight excluding hydrogens is 370 g/mol. The van der Waals surface area contributed by atoms with Crippen LogP contribution in [0.3, 0.4) is 0 Å². The number of carbonyl (C=O) groups excluding carboxylic acids is 2. The van der Waals surface area contributed by atoms with E-state index in [0.717, 1.165) is 15.8 Å². The molecule has 0 fully saturated rings. The first-order chi connectivity index (χ1) is 12.4. The molecule has 2 aromatic carbocycles. The number of amides is 2. The Hall–Kier alpha value is -2.44. The smallest absolute Gasteiger partial charge is 0.252 e. The van der Waals surface area contributed by atoms with Crippen molar-refractivity contribution in [3.05, 3.63) is 58.1 Å². The summed E-state index contributed by atoms with van der Waals surface area (Å²) in [4.78, 5) is 28.6. The van der Waals surface area contributed by atoms with Crippen molar-refractivity contribution in [2.75, 3.05) is 11.9 Å². The SMILES string of the molecule is Cc1cc(C)c2nc(NC(=O)CCNC(=O)c3ccccc3Cl)sc2c1. The first-order valence-corrected chi connectivity index (χ1v) is 9.34. The quantitative estimate of drug-likeness (QED) is 0.684. The summed E-state index contributed by atoms with van der Waals surface area (Å²) in [6, 6.07) is 10.9. The Morgan fingerprint density at radius 2 is 1.96 bits per heavy atom. The number of aromatic nitrogens is 1. The van der Waals surface area contributed by atoms with Gasteiger partial charge in [-0.15, -0.1) is 0 Å². The highest BCUT2D eigenvalue weighted by Gasteiger charge is 2.12. The van der Waals surface area contributed by atoms with E-state index < -0.39 is 0 Å². The molecule has 0 radical (unpaired) electrons. The van der Waals surface area contributed by atoms with E-state index in [0.29, 0.717) is 15.7 Å². The number of anilines is 1. The monoisotopic (exact) mass is 387 g/mol. The van der Waals surface area contributed by atoms with E-state index in [4.69, 9.17) is 11.6 Å². The molecule has 5 nitrogen and oxygen atoms in total. The summed E-state index contributed by atoms with van der Waals surface area (Å²) in [5.41, 5.74) is 3.55. The van der Waals surface area contributed by atoms with Crippen LogP contribution in [0.5, 0.6) is 0 Å². The van der Waals surface area contributed by atoms with Crippen molar-refractivity contribution < 1.29 is 9.59 Å². The third kappa shape index (κ3) is 4.20. The van der Waals surface area contributed by atoms with Crippen LogP contribution in [0.4, 0.5) is 5.13 Å². The number of hydrogen-bond acceptors (Lipinski definition) is 4. The fourth-order valence-corrected chi connectivity index (χ4v) is 3.92. The van der Waals surface area contributed by atoms with E-state index in [9.17, 15) is 9.59 Å². The normalized spacial score (nSPS) is 10.7. The van der Waals surface area contributed by atoms with Crippen LogP contribution in [-0.4, -0.2) is 23.3 Å². The van der Waals surface area contributed by atoms with E-state index >= 15 is 0 Å². The van der Waals surface area contributed by atoms with Gasteiger partial charge in [0, 0.05) is 13.0 Å². The van der Waals surface area contributed by atoms with Gasteiger partial charge in [-0.1, -0.05) is 41.1 Å². The first-order valence-electron chi connectivity index (χ1n) is 8.14. The van der Waals surface area contributed by atoms with Gasteiger partial charge in [-0.2, -0.15) is 0 Å². The number of nitrogens with one attached hydrogen (secondary N) is 2. The van der Waals surface area contributed by atoms with Crippen molar-refractivity contribution in [3.8, 4) is 0 Å². The minimum Gasteiger partial charge on any atom is -0.351 e. The lowest BCUT2D eigenvalue weighted by molar-refractivity contribution is -0.116. The van der Waals surface area contributed by atoms with Gasteiger partial charge in [0.25, 0.3) is 5.91 Å². The number of halogens is 1. The Morgan fingerprint density at radius 1 is 1.19 bits per heavy atom. The van der Waals surface area contributed by atoms with E-state index in [-0.39, 0.29) is 24.8 Å². The number of fused-ring (bicyclic) bond motifs is 1. The summed E-state index contributed by atoms with van der Waals surface area (Å²) >= 11 is 7.43. The second-order valence-electron chi connectivity index (χ2n) is 5.98. The molecule has 0 saturated carbocycles. The largest absolute Gasteiger partial charge is 0.351 e. The zero-order chi connectivity index (χ0) is 18.7. The number of thiazole rings is 1. The molecule has 0 atom stereocenters. The highest BCUT2D eigenvalue weighted by Crippen LogP contribution is 2.29. The van der Waals surface area contributed by atoms with Crippen LogP contribution >= 0.6 is 22.9 Å². The van der Waals surface area contributed by atoms with Crippen LogP contribution in [0, 0.1) is 13.8 Å². The standard InChI is InChI=1S/C19H18ClN3O2S/c1-11-9-12(2)17-15(10-11)26-19(23-17)22-16(24)7-8-21-18(25)13-5-3-4-6-14(13)20/h3-6,9-10H,7-8H2,1-2H3,(H,21,25)(H,22,23,24). The van der Waals surface area contributed by atoms with Gasteiger partial charge < -0.3 is 10.6 Å².